The molecule has 0 spiro atoms. The quantitative estimate of drug-likeness (QED) is 0.0222. The molecule has 3 N–H and O–H groups in total. The highest BCUT2D eigenvalue weighted by molar-refractivity contribution is 7.47. The molecule has 90 heavy (non-hydrogen) atoms. The molecule has 0 fully saturated rings. The zero-order valence-electron chi connectivity index (χ0n) is 58.8. The Balaban J connectivity index is 5.24. The number of hydrogen-bond acceptors (Lipinski definition) is 15. The first-order chi connectivity index (χ1) is 43.1. The van der Waals surface area contributed by atoms with Crippen LogP contribution in [-0.4, -0.2) is 96.7 Å². The maximum atomic E-state index is 13.0. The summed E-state index contributed by atoms with van der Waals surface area (Å²) in [7, 11) is -9.90. The van der Waals surface area contributed by atoms with Crippen LogP contribution in [0.25, 0.3) is 0 Å². The van der Waals surface area contributed by atoms with E-state index in [0.717, 1.165) is 114 Å². The summed E-state index contributed by atoms with van der Waals surface area (Å²) in [6, 6.07) is 0. The van der Waals surface area contributed by atoms with Crippen molar-refractivity contribution < 1.29 is 80.2 Å². The van der Waals surface area contributed by atoms with E-state index in [4.69, 9.17) is 37.0 Å². The van der Waals surface area contributed by atoms with E-state index in [-0.39, 0.29) is 25.7 Å². The lowest BCUT2D eigenvalue weighted by Gasteiger charge is -2.21. The van der Waals surface area contributed by atoms with Gasteiger partial charge in [-0.3, -0.25) is 37.3 Å². The predicted molar refractivity (Wildman–Crippen MR) is 363 cm³/mol. The van der Waals surface area contributed by atoms with Gasteiger partial charge in [-0.2, -0.15) is 0 Å². The maximum absolute atomic E-state index is 13.0. The summed E-state index contributed by atoms with van der Waals surface area (Å²) in [5, 5.41) is 10.6. The third-order valence-corrected chi connectivity index (χ3v) is 18.6. The van der Waals surface area contributed by atoms with Gasteiger partial charge in [0.2, 0.25) is 0 Å². The zero-order valence-corrected chi connectivity index (χ0v) is 60.6. The topological polar surface area (TPSA) is 237 Å². The van der Waals surface area contributed by atoms with Crippen LogP contribution in [0, 0.1) is 23.7 Å². The number of rotatable bonds is 68. The van der Waals surface area contributed by atoms with Gasteiger partial charge in [0.15, 0.2) is 12.2 Å². The summed E-state index contributed by atoms with van der Waals surface area (Å²) >= 11 is 0. The molecule has 0 saturated carbocycles. The Morgan fingerprint density at radius 3 is 0.789 bits per heavy atom. The third kappa shape index (κ3) is 63.5. The lowest BCUT2D eigenvalue weighted by Crippen LogP contribution is -2.30. The zero-order chi connectivity index (χ0) is 66.8. The van der Waals surface area contributed by atoms with Crippen molar-refractivity contribution in [3.8, 4) is 0 Å². The van der Waals surface area contributed by atoms with Crippen molar-refractivity contribution in [1.82, 2.24) is 0 Å². The molecule has 0 aromatic heterocycles. The molecule has 0 aliphatic heterocycles. The van der Waals surface area contributed by atoms with Crippen LogP contribution in [0.15, 0.2) is 0 Å². The highest BCUT2D eigenvalue weighted by atomic mass is 31.2. The van der Waals surface area contributed by atoms with Gasteiger partial charge in [-0.15, -0.1) is 0 Å². The minimum absolute atomic E-state index is 0.101. The second-order valence-electron chi connectivity index (χ2n) is 27.3. The number of unbranched alkanes of at least 4 members (excludes halogenated alkanes) is 33. The molecular formula is C71H138O17P2. The number of carbonyl (C=O) groups is 4. The maximum Gasteiger partial charge on any atom is 0.472 e. The van der Waals surface area contributed by atoms with Gasteiger partial charge in [-0.1, -0.05) is 299 Å². The van der Waals surface area contributed by atoms with E-state index in [1.54, 1.807) is 0 Å². The number of phosphoric ester groups is 2. The number of ether oxygens (including phenoxy) is 4. The van der Waals surface area contributed by atoms with Crippen molar-refractivity contribution in [2.45, 2.75) is 369 Å². The van der Waals surface area contributed by atoms with Crippen LogP contribution in [0.1, 0.15) is 351 Å². The minimum Gasteiger partial charge on any atom is -0.462 e. The first-order valence-corrected chi connectivity index (χ1v) is 39.7. The third-order valence-electron chi connectivity index (χ3n) is 16.7. The van der Waals surface area contributed by atoms with Gasteiger partial charge in [0, 0.05) is 25.7 Å². The first-order valence-electron chi connectivity index (χ1n) is 36.7. The highest BCUT2D eigenvalue weighted by Crippen LogP contribution is 2.45. The molecule has 0 rings (SSSR count). The van der Waals surface area contributed by atoms with Crippen LogP contribution in [0.2, 0.25) is 0 Å². The molecule has 0 aliphatic carbocycles. The second kappa shape index (κ2) is 60.7. The Morgan fingerprint density at radius 1 is 0.311 bits per heavy atom. The number of phosphoric acid groups is 2. The molecule has 0 heterocycles. The van der Waals surface area contributed by atoms with Crippen LogP contribution in [0.4, 0.5) is 0 Å². The van der Waals surface area contributed by atoms with E-state index >= 15 is 0 Å². The van der Waals surface area contributed by atoms with Crippen molar-refractivity contribution >= 4 is 39.5 Å². The summed E-state index contributed by atoms with van der Waals surface area (Å²) in [4.78, 5) is 72.5. The molecule has 19 heteroatoms. The number of esters is 4. The average molecular weight is 1330 g/mol. The fraction of sp³-hybridized carbons (Fsp3) is 0.944. The van der Waals surface area contributed by atoms with Crippen LogP contribution in [-0.2, 0) is 65.4 Å². The predicted octanol–water partition coefficient (Wildman–Crippen LogP) is 20.1. The SMILES string of the molecule is CCC(C)CCCCCCCCC(=O)OC[C@H](COP(=O)(O)OC[C@H](O)COP(=O)(O)OC[C@@H](COC(=O)CCCCCCCCCCCCCCC(C)C)OC(=O)CCCCCCCCCCCCCCCC(C)C)OC(=O)CCCCCCCCC(C)C. The molecule has 3 unspecified atom stereocenters. The Hall–Kier alpha value is -1.94. The van der Waals surface area contributed by atoms with E-state index in [1.165, 1.54) is 148 Å². The lowest BCUT2D eigenvalue weighted by molar-refractivity contribution is -0.161. The van der Waals surface area contributed by atoms with Crippen molar-refractivity contribution in [3.63, 3.8) is 0 Å². The normalized spacial score (nSPS) is 14.6. The van der Waals surface area contributed by atoms with Gasteiger partial charge in [0.25, 0.3) is 0 Å². The summed E-state index contributed by atoms with van der Waals surface area (Å²) in [5.74, 6) is 0.836. The molecule has 0 bridgehead atoms. The molecule has 0 aromatic rings. The highest BCUT2D eigenvalue weighted by Gasteiger charge is 2.30. The van der Waals surface area contributed by atoms with Gasteiger partial charge >= 0.3 is 39.5 Å². The van der Waals surface area contributed by atoms with Crippen LogP contribution < -0.4 is 0 Å². The van der Waals surface area contributed by atoms with Crippen molar-refractivity contribution in [1.29, 1.82) is 0 Å². The fourth-order valence-corrected chi connectivity index (χ4v) is 12.2. The van der Waals surface area contributed by atoms with E-state index in [2.05, 4.69) is 55.4 Å². The molecule has 0 aromatic carbocycles. The van der Waals surface area contributed by atoms with E-state index in [0.29, 0.717) is 31.6 Å². The average Bonchev–Trinajstić information content (AvgIpc) is 3.71. The molecule has 17 nitrogen and oxygen atoms in total. The monoisotopic (exact) mass is 1320 g/mol. The summed E-state index contributed by atoms with van der Waals surface area (Å²) in [6.45, 7) is 14.1. The standard InChI is InChI=1S/C71H138O17P2/c1-9-64(8)50-42-34-28-30-36-44-52-69(74)82-58-67(88-71(76)54-46-38-29-27-33-41-49-63(6)7)60-86-90(79,80)84-56-65(72)55-83-89(77,78)85-59-66(57-81-68(73)51-43-35-25-21-17-14-13-16-20-24-32-40-48-62(4)5)87-70(75)53-45-37-26-22-18-12-10-11-15-19-23-31-39-47-61(2)3/h61-67,72H,9-60H2,1-8H3,(H,77,78)(H,79,80)/t64?,65-,66-,67-/m1/s1. The Morgan fingerprint density at radius 2 is 0.533 bits per heavy atom. The molecule has 0 radical (unpaired) electrons. The number of carbonyl (C=O) groups excluding carboxylic acids is 4. The number of aliphatic hydroxyl groups excluding tert-OH is 1. The van der Waals surface area contributed by atoms with E-state index < -0.39 is 97.5 Å². The van der Waals surface area contributed by atoms with Gasteiger partial charge in [-0.25, -0.2) is 9.13 Å². The lowest BCUT2D eigenvalue weighted by atomic mass is 10.00. The fourth-order valence-electron chi connectivity index (χ4n) is 10.6. The smallest absolute Gasteiger partial charge is 0.462 e. The Bertz CT molecular complexity index is 1780. The summed E-state index contributed by atoms with van der Waals surface area (Å²) < 4.78 is 68.3. The molecule has 0 amide bonds. The Labute approximate surface area is 549 Å². The largest absolute Gasteiger partial charge is 0.472 e. The molecule has 534 valence electrons. The second-order valence-corrected chi connectivity index (χ2v) is 30.2. The van der Waals surface area contributed by atoms with Crippen LogP contribution in [0.5, 0.6) is 0 Å². The van der Waals surface area contributed by atoms with Gasteiger partial charge < -0.3 is 33.8 Å². The van der Waals surface area contributed by atoms with Crippen molar-refractivity contribution in [3.05, 3.63) is 0 Å². The molecular weight excluding hydrogens is 1190 g/mol. The first kappa shape index (κ1) is 88.1. The summed E-state index contributed by atoms with van der Waals surface area (Å²) in [6.07, 6.45) is 43.3. The summed E-state index contributed by atoms with van der Waals surface area (Å²) in [5.41, 5.74) is 0. The molecule has 0 aliphatic rings. The van der Waals surface area contributed by atoms with Crippen molar-refractivity contribution in [2.24, 2.45) is 23.7 Å². The van der Waals surface area contributed by atoms with E-state index in [1.807, 2.05) is 0 Å². The van der Waals surface area contributed by atoms with Crippen LogP contribution in [0.3, 0.4) is 0 Å². The van der Waals surface area contributed by atoms with Crippen LogP contribution >= 0.6 is 15.6 Å². The van der Waals surface area contributed by atoms with Gasteiger partial charge in [0.1, 0.15) is 19.3 Å². The number of hydrogen-bond donors (Lipinski definition) is 3. The molecule has 6 atom stereocenters. The Kier molecular flexibility index (Phi) is 59.4. The van der Waals surface area contributed by atoms with E-state index in [9.17, 15) is 43.2 Å². The minimum atomic E-state index is -4.95. The van der Waals surface area contributed by atoms with Gasteiger partial charge in [-0.05, 0) is 49.4 Å². The molecule has 0 saturated heterocycles. The number of aliphatic hydroxyl groups is 1. The van der Waals surface area contributed by atoms with Gasteiger partial charge in [0.05, 0.1) is 26.4 Å². The van der Waals surface area contributed by atoms with Crippen molar-refractivity contribution in [2.75, 3.05) is 39.6 Å².